The zero-order valence-corrected chi connectivity index (χ0v) is 11.9. The highest BCUT2D eigenvalue weighted by atomic mass is 79.9. The van der Waals surface area contributed by atoms with E-state index >= 15 is 0 Å². The molecule has 0 fully saturated rings. The summed E-state index contributed by atoms with van der Waals surface area (Å²) in [6, 6.07) is 3.01. The molecule has 0 heterocycles. The molecule has 0 aliphatic heterocycles. The lowest BCUT2D eigenvalue weighted by molar-refractivity contribution is -0.140. The molecule has 6 nitrogen and oxygen atoms in total. The Bertz CT molecular complexity index is 535. The van der Waals surface area contributed by atoms with Crippen molar-refractivity contribution < 1.29 is 19.5 Å². The topological polar surface area (TPSA) is 109 Å². The summed E-state index contributed by atoms with van der Waals surface area (Å²) < 4.78 is 0.503. The van der Waals surface area contributed by atoms with Gasteiger partial charge in [-0.3, -0.25) is 9.59 Å². The van der Waals surface area contributed by atoms with Crippen molar-refractivity contribution in [3.8, 4) is 0 Å². The van der Waals surface area contributed by atoms with Crippen LogP contribution in [-0.4, -0.2) is 28.9 Å². The molecule has 8 heteroatoms. The number of hydrogen-bond donors (Lipinski definition) is 3. The van der Waals surface area contributed by atoms with E-state index in [1.54, 1.807) is 0 Å². The molecule has 0 aromatic heterocycles. The number of benzene rings is 1. The van der Waals surface area contributed by atoms with E-state index in [9.17, 15) is 14.4 Å². The van der Waals surface area contributed by atoms with Gasteiger partial charge in [-0.05, 0) is 34.1 Å². The van der Waals surface area contributed by atoms with Gasteiger partial charge < -0.3 is 16.2 Å². The Hall–Kier alpha value is -1.60. The molecule has 4 N–H and O–H groups in total. The fourth-order valence-electron chi connectivity index (χ4n) is 1.28. The maximum atomic E-state index is 11.8. The molecule has 0 aliphatic carbocycles. The van der Waals surface area contributed by atoms with Crippen molar-refractivity contribution in [2.75, 3.05) is 0 Å². The Kier molecular flexibility index (Phi) is 5.31. The predicted molar refractivity (Wildman–Crippen MR) is 71.9 cm³/mol. The number of aliphatic carboxylic acids is 1. The van der Waals surface area contributed by atoms with Crippen LogP contribution < -0.4 is 11.1 Å². The minimum atomic E-state index is -1.36. The Labute approximate surface area is 122 Å². The normalized spacial score (nSPS) is 11.7. The van der Waals surface area contributed by atoms with Gasteiger partial charge in [0, 0.05) is 10.0 Å². The van der Waals surface area contributed by atoms with Gasteiger partial charge in [-0.2, -0.15) is 0 Å². The Morgan fingerprint density at radius 3 is 2.53 bits per heavy atom. The number of nitrogens with two attached hydrogens (primary N) is 1. The van der Waals surface area contributed by atoms with E-state index in [1.165, 1.54) is 18.2 Å². The number of halogens is 2. The molecule has 1 atom stereocenters. The molecule has 0 aliphatic rings. The first-order valence-electron chi connectivity index (χ1n) is 5.08. The molecule has 0 saturated heterocycles. The van der Waals surface area contributed by atoms with Crippen molar-refractivity contribution in [2.45, 2.75) is 12.5 Å². The summed E-state index contributed by atoms with van der Waals surface area (Å²) in [6.45, 7) is 0. The van der Waals surface area contributed by atoms with Crippen molar-refractivity contribution in [3.63, 3.8) is 0 Å². The number of carboxylic acid groups (broad SMARTS) is 1. The zero-order chi connectivity index (χ0) is 14.6. The SMILES string of the molecule is NC(=O)CC(NC(=O)c1ccc(Cl)c(Br)c1)C(=O)O. The minimum Gasteiger partial charge on any atom is -0.480 e. The number of hydrogen-bond acceptors (Lipinski definition) is 3. The third kappa shape index (κ3) is 4.53. The summed E-state index contributed by atoms with van der Waals surface area (Å²) in [5.41, 5.74) is 5.13. The summed E-state index contributed by atoms with van der Waals surface area (Å²) in [6.07, 6.45) is -0.476. The van der Waals surface area contributed by atoms with Gasteiger partial charge in [0.15, 0.2) is 0 Å². The predicted octanol–water partition coefficient (Wildman–Crippen LogP) is 1.16. The van der Waals surface area contributed by atoms with E-state index < -0.39 is 30.2 Å². The smallest absolute Gasteiger partial charge is 0.326 e. The highest BCUT2D eigenvalue weighted by Crippen LogP contribution is 2.23. The second kappa shape index (κ2) is 6.53. The maximum absolute atomic E-state index is 11.8. The molecular formula is C11H10BrClN2O4. The van der Waals surface area contributed by atoms with E-state index in [0.29, 0.717) is 9.50 Å². The molecule has 2 amide bonds. The molecular weight excluding hydrogens is 339 g/mol. The van der Waals surface area contributed by atoms with Crippen LogP contribution in [0.3, 0.4) is 0 Å². The maximum Gasteiger partial charge on any atom is 0.326 e. The van der Waals surface area contributed by atoms with Crippen molar-refractivity contribution in [2.24, 2.45) is 5.73 Å². The highest BCUT2D eigenvalue weighted by molar-refractivity contribution is 9.10. The second-order valence-corrected chi connectivity index (χ2v) is 4.93. The van der Waals surface area contributed by atoms with Crippen LogP contribution >= 0.6 is 27.5 Å². The highest BCUT2D eigenvalue weighted by Gasteiger charge is 2.22. The monoisotopic (exact) mass is 348 g/mol. The lowest BCUT2D eigenvalue weighted by Crippen LogP contribution is -2.43. The number of carbonyl (C=O) groups excluding carboxylic acids is 2. The van der Waals surface area contributed by atoms with Crippen molar-refractivity contribution in [1.82, 2.24) is 5.32 Å². The van der Waals surface area contributed by atoms with Gasteiger partial charge in [-0.1, -0.05) is 11.6 Å². The Morgan fingerprint density at radius 1 is 1.42 bits per heavy atom. The first-order valence-corrected chi connectivity index (χ1v) is 6.25. The average molecular weight is 350 g/mol. The quantitative estimate of drug-likeness (QED) is 0.741. The van der Waals surface area contributed by atoms with Gasteiger partial charge in [-0.25, -0.2) is 4.79 Å². The van der Waals surface area contributed by atoms with Crippen LogP contribution in [0.1, 0.15) is 16.8 Å². The van der Waals surface area contributed by atoms with Gasteiger partial charge in [0.2, 0.25) is 5.91 Å². The van der Waals surface area contributed by atoms with Crippen molar-refractivity contribution in [1.29, 1.82) is 0 Å². The Balaban J connectivity index is 2.84. The fraction of sp³-hybridized carbons (Fsp3) is 0.182. The minimum absolute atomic E-state index is 0.215. The third-order valence-corrected chi connectivity index (χ3v) is 3.40. The van der Waals surface area contributed by atoms with Crippen LogP contribution in [-0.2, 0) is 9.59 Å². The molecule has 1 rings (SSSR count). The van der Waals surface area contributed by atoms with Crippen LogP contribution in [0.15, 0.2) is 22.7 Å². The van der Waals surface area contributed by atoms with E-state index in [-0.39, 0.29) is 5.56 Å². The summed E-state index contributed by atoms with van der Waals surface area (Å²) in [7, 11) is 0. The van der Waals surface area contributed by atoms with Crippen molar-refractivity contribution in [3.05, 3.63) is 33.3 Å². The average Bonchev–Trinajstić information content (AvgIpc) is 2.31. The van der Waals surface area contributed by atoms with Gasteiger partial charge in [0.05, 0.1) is 11.4 Å². The van der Waals surface area contributed by atoms with Gasteiger partial charge in [0.25, 0.3) is 5.91 Å². The van der Waals surface area contributed by atoms with Crippen molar-refractivity contribution >= 4 is 45.3 Å². The van der Waals surface area contributed by atoms with Crippen LogP contribution in [0.4, 0.5) is 0 Å². The summed E-state index contributed by atoms with van der Waals surface area (Å²) in [5.74, 6) is -2.78. The second-order valence-electron chi connectivity index (χ2n) is 3.66. The van der Waals surface area contributed by atoms with E-state index in [2.05, 4.69) is 21.2 Å². The Morgan fingerprint density at radius 2 is 2.05 bits per heavy atom. The van der Waals surface area contributed by atoms with E-state index in [0.717, 1.165) is 0 Å². The number of carbonyl (C=O) groups is 3. The molecule has 1 aromatic rings. The molecule has 0 bridgehead atoms. The first-order chi connectivity index (χ1) is 8.81. The molecule has 1 unspecified atom stereocenters. The van der Waals surface area contributed by atoms with Crippen LogP contribution in [0, 0.1) is 0 Å². The first kappa shape index (κ1) is 15.5. The van der Waals surface area contributed by atoms with Gasteiger partial charge >= 0.3 is 5.97 Å². The van der Waals surface area contributed by atoms with E-state index in [1.807, 2.05) is 0 Å². The van der Waals surface area contributed by atoms with Crippen LogP contribution in [0.25, 0.3) is 0 Å². The van der Waals surface area contributed by atoms with E-state index in [4.69, 9.17) is 22.4 Å². The molecule has 0 saturated carbocycles. The lowest BCUT2D eigenvalue weighted by atomic mass is 10.1. The summed E-state index contributed by atoms with van der Waals surface area (Å²) >= 11 is 8.92. The number of nitrogens with one attached hydrogen (secondary N) is 1. The van der Waals surface area contributed by atoms with Gasteiger partial charge in [0.1, 0.15) is 6.04 Å². The third-order valence-electron chi connectivity index (χ3n) is 2.19. The molecule has 0 spiro atoms. The zero-order valence-electron chi connectivity index (χ0n) is 9.52. The van der Waals surface area contributed by atoms with Crippen LogP contribution in [0.5, 0.6) is 0 Å². The molecule has 0 radical (unpaired) electrons. The fourth-order valence-corrected chi connectivity index (χ4v) is 1.78. The number of rotatable bonds is 5. The number of amides is 2. The molecule has 19 heavy (non-hydrogen) atoms. The molecule has 102 valence electrons. The summed E-state index contributed by atoms with van der Waals surface area (Å²) in [4.78, 5) is 33.4. The standard InChI is InChI=1S/C11H10BrClN2O4/c12-6-3-5(1-2-7(6)13)10(17)15-8(11(18)19)4-9(14)16/h1-3,8H,4H2,(H2,14,16)(H,15,17)(H,18,19). The van der Waals surface area contributed by atoms with Gasteiger partial charge in [-0.15, -0.1) is 0 Å². The van der Waals surface area contributed by atoms with Crippen LogP contribution in [0.2, 0.25) is 5.02 Å². The lowest BCUT2D eigenvalue weighted by Gasteiger charge is -2.13. The largest absolute Gasteiger partial charge is 0.480 e. The number of primary amides is 1. The summed E-state index contributed by atoms with van der Waals surface area (Å²) in [5, 5.41) is 11.5. The number of carboxylic acids is 1. The molecule has 1 aromatic carbocycles.